The lowest BCUT2D eigenvalue weighted by Gasteiger charge is -2.31. The van der Waals surface area contributed by atoms with Gasteiger partial charge in [0, 0.05) is 36.7 Å². The number of halogens is 1. The van der Waals surface area contributed by atoms with Crippen LogP contribution in [0.5, 0.6) is 0 Å². The molecule has 0 spiro atoms. The van der Waals surface area contributed by atoms with Gasteiger partial charge in [-0.2, -0.15) is 4.98 Å². The lowest BCUT2D eigenvalue weighted by Crippen LogP contribution is -2.48. The zero-order valence-electron chi connectivity index (χ0n) is 17.0. The first kappa shape index (κ1) is 19.7. The number of benzene rings is 1. The first-order valence-electron chi connectivity index (χ1n) is 9.71. The van der Waals surface area contributed by atoms with Crippen molar-refractivity contribution in [3.05, 3.63) is 41.5 Å². The number of pyridine rings is 1. The van der Waals surface area contributed by atoms with Crippen molar-refractivity contribution in [1.29, 1.82) is 0 Å². The summed E-state index contributed by atoms with van der Waals surface area (Å²) >= 11 is 0. The molecule has 1 aliphatic rings. The van der Waals surface area contributed by atoms with Gasteiger partial charge in [-0.15, -0.1) is 0 Å². The molecule has 3 N–H and O–H groups in total. The van der Waals surface area contributed by atoms with Crippen LogP contribution in [0.15, 0.2) is 24.5 Å². The number of aryl methyl sites for hydroxylation is 1. The van der Waals surface area contributed by atoms with Crippen molar-refractivity contribution >= 4 is 34.5 Å². The second-order valence-corrected chi connectivity index (χ2v) is 7.17. The van der Waals surface area contributed by atoms with Crippen LogP contribution in [0.1, 0.15) is 24.1 Å². The van der Waals surface area contributed by atoms with E-state index in [-0.39, 0.29) is 24.3 Å². The molecule has 1 fully saturated rings. The van der Waals surface area contributed by atoms with Crippen LogP contribution in [0.3, 0.4) is 0 Å². The van der Waals surface area contributed by atoms with Gasteiger partial charge < -0.3 is 20.9 Å². The highest BCUT2D eigenvalue weighted by Gasteiger charge is 2.24. The molecular formula is C20H23FN8O. The minimum Gasteiger partial charge on any atom is -0.357 e. The summed E-state index contributed by atoms with van der Waals surface area (Å²) in [4.78, 5) is 31.2. The third-order valence-corrected chi connectivity index (χ3v) is 5.13. The fraction of sp³-hybridized carbons (Fsp3) is 0.350. The Labute approximate surface area is 173 Å². The standard InChI is InChI=1S/C20H23FN8O/c1-11-15(21)5-4-13-8-14(12(2)26-20-25-10-24-19(22-3)28-20)18(27-17(11)13)29-7-6-23-16(30)9-29/h4-5,8,10,12H,6-7,9H2,1-3H3,(H,23,30)(H2,22,24,25,26,28)/t12-/m0/s1. The van der Waals surface area contributed by atoms with Gasteiger partial charge in [0.15, 0.2) is 0 Å². The van der Waals surface area contributed by atoms with Crippen LogP contribution in [-0.2, 0) is 4.79 Å². The molecule has 2 aromatic heterocycles. The van der Waals surface area contributed by atoms with Gasteiger partial charge in [0.25, 0.3) is 0 Å². The van der Waals surface area contributed by atoms with Crippen molar-refractivity contribution in [3.63, 3.8) is 0 Å². The summed E-state index contributed by atoms with van der Waals surface area (Å²) in [5.41, 5.74) is 1.94. The monoisotopic (exact) mass is 410 g/mol. The maximum atomic E-state index is 14.1. The Balaban J connectivity index is 1.78. The molecule has 30 heavy (non-hydrogen) atoms. The number of nitrogens with one attached hydrogen (secondary N) is 3. The highest BCUT2D eigenvalue weighted by molar-refractivity contribution is 5.87. The van der Waals surface area contributed by atoms with Crippen LogP contribution in [-0.4, -0.2) is 52.5 Å². The number of aromatic nitrogens is 4. The lowest BCUT2D eigenvalue weighted by molar-refractivity contribution is -0.120. The van der Waals surface area contributed by atoms with E-state index in [9.17, 15) is 9.18 Å². The summed E-state index contributed by atoms with van der Waals surface area (Å²) < 4.78 is 14.1. The van der Waals surface area contributed by atoms with Crippen molar-refractivity contribution in [3.8, 4) is 0 Å². The summed E-state index contributed by atoms with van der Waals surface area (Å²) in [6.07, 6.45) is 1.43. The van der Waals surface area contributed by atoms with E-state index in [1.165, 1.54) is 12.4 Å². The molecule has 1 atom stereocenters. The molecular weight excluding hydrogens is 387 g/mol. The number of nitrogens with zero attached hydrogens (tertiary/aromatic N) is 5. The van der Waals surface area contributed by atoms with E-state index in [4.69, 9.17) is 4.98 Å². The van der Waals surface area contributed by atoms with E-state index in [1.54, 1.807) is 20.0 Å². The number of carbonyl (C=O) groups excluding carboxylic acids is 1. The molecule has 0 radical (unpaired) electrons. The summed E-state index contributed by atoms with van der Waals surface area (Å²) in [7, 11) is 1.73. The average Bonchev–Trinajstić information content (AvgIpc) is 2.75. The predicted octanol–water partition coefficient (Wildman–Crippen LogP) is 2.02. The Morgan fingerprint density at radius 2 is 2.03 bits per heavy atom. The van der Waals surface area contributed by atoms with E-state index in [1.807, 2.05) is 17.9 Å². The van der Waals surface area contributed by atoms with Crippen LogP contribution in [0.25, 0.3) is 10.9 Å². The van der Waals surface area contributed by atoms with Crippen LogP contribution >= 0.6 is 0 Å². The summed E-state index contributed by atoms with van der Waals surface area (Å²) in [5, 5.41) is 9.80. The molecule has 0 unspecified atom stereocenters. The Morgan fingerprint density at radius 3 is 2.80 bits per heavy atom. The predicted molar refractivity (Wildman–Crippen MR) is 113 cm³/mol. The second kappa shape index (κ2) is 8.05. The van der Waals surface area contributed by atoms with Gasteiger partial charge >= 0.3 is 0 Å². The number of rotatable bonds is 5. The third-order valence-electron chi connectivity index (χ3n) is 5.13. The van der Waals surface area contributed by atoms with Crippen LogP contribution in [0.2, 0.25) is 0 Å². The first-order chi connectivity index (χ1) is 14.5. The molecule has 1 saturated heterocycles. The van der Waals surface area contributed by atoms with Gasteiger partial charge in [0.1, 0.15) is 18.0 Å². The number of hydrogen-bond acceptors (Lipinski definition) is 8. The summed E-state index contributed by atoms with van der Waals surface area (Å²) in [6.45, 7) is 5.02. The summed E-state index contributed by atoms with van der Waals surface area (Å²) in [6, 6.07) is 4.92. The Morgan fingerprint density at radius 1 is 1.23 bits per heavy atom. The molecule has 4 rings (SSSR count). The highest BCUT2D eigenvalue weighted by Crippen LogP contribution is 2.32. The van der Waals surface area contributed by atoms with E-state index in [0.29, 0.717) is 41.9 Å². The number of carbonyl (C=O) groups is 1. The smallest absolute Gasteiger partial charge is 0.239 e. The molecule has 3 aromatic rings. The lowest BCUT2D eigenvalue weighted by atomic mass is 10.0. The third kappa shape index (κ3) is 3.80. The number of anilines is 3. The quantitative estimate of drug-likeness (QED) is 0.586. The topological polar surface area (TPSA) is 108 Å². The second-order valence-electron chi connectivity index (χ2n) is 7.17. The molecule has 1 amide bonds. The molecule has 1 aromatic carbocycles. The van der Waals surface area contributed by atoms with Gasteiger partial charge in [-0.25, -0.2) is 19.3 Å². The molecule has 10 heteroatoms. The number of piperazine rings is 1. The Kier molecular flexibility index (Phi) is 5.30. The molecule has 0 aliphatic carbocycles. The maximum absolute atomic E-state index is 14.1. The van der Waals surface area contributed by atoms with E-state index in [2.05, 4.69) is 30.9 Å². The van der Waals surface area contributed by atoms with Gasteiger partial charge in [-0.1, -0.05) is 0 Å². The average molecular weight is 410 g/mol. The van der Waals surface area contributed by atoms with Gasteiger partial charge in [0.2, 0.25) is 17.8 Å². The van der Waals surface area contributed by atoms with Gasteiger partial charge in [0.05, 0.1) is 18.1 Å². The number of amides is 1. The maximum Gasteiger partial charge on any atom is 0.239 e. The molecule has 0 bridgehead atoms. The molecule has 1 aliphatic heterocycles. The van der Waals surface area contributed by atoms with Crippen molar-refractivity contribution in [2.45, 2.75) is 19.9 Å². The number of fused-ring (bicyclic) bond motifs is 1. The van der Waals surface area contributed by atoms with Crippen LogP contribution in [0, 0.1) is 12.7 Å². The highest BCUT2D eigenvalue weighted by atomic mass is 19.1. The van der Waals surface area contributed by atoms with E-state index < -0.39 is 0 Å². The zero-order chi connectivity index (χ0) is 21.3. The van der Waals surface area contributed by atoms with Crippen molar-refractivity contribution in [2.75, 3.05) is 42.2 Å². The SMILES string of the molecule is CNc1ncnc(N[C@@H](C)c2cc3ccc(F)c(C)c3nc2N2CCNC(=O)C2)n1. The molecule has 156 valence electrons. The van der Waals surface area contributed by atoms with Gasteiger partial charge in [-0.3, -0.25) is 4.79 Å². The normalized spacial score (nSPS) is 15.1. The fourth-order valence-electron chi connectivity index (χ4n) is 3.51. The molecule has 3 heterocycles. The minimum atomic E-state index is -0.305. The van der Waals surface area contributed by atoms with Crippen molar-refractivity contribution in [1.82, 2.24) is 25.3 Å². The van der Waals surface area contributed by atoms with Crippen LogP contribution < -0.4 is 20.9 Å². The summed E-state index contributed by atoms with van der Waals surface area (Å²) in [5.74, 6) is 1.15. The largest absolute Gasteiger partial charge is 0.357 e. The fourth-order valence-corrected chi connectivity index (χ4v) is 3.51. The van der Waals surface area contributed by atoms with Crippen molar-refractivity contribution in [2.24, 2.45) is 0 Å². The molecule has 0 saturated carbocycles. The molecule has 9 nitrogen and oxygen atoms in total. The zero-order valence-corrected chi connectivity index (χ0v) is 17.0. The van der Waals surface area contributed by atoms with Crippen molar-refractivity contribution < 1.29 is 9.18 Å². The minimum absolute atomic E-state index is 0.0678. The van der Waals surface area contributed by atoms with Gasteiger partial charge in [-0.05, 0) is 32.0 Å². The first-order valence-corrected chi connectivity index (χ1v) is 9.71. The van der Waals surface area contributed by atoms with E-state index >= 15 is 0 Å². The van der Waals surface area contributed by atoms with E-state index in [0.717, 1.165) is 10.9 Å². The Bertz CT molecular complexity index is 1110. The van der Waals surface area contributed by atoms with Crippen LogP contribution in [0.4, 0.5) is 22.1 Å². The Hall–Kier alpha value is -3.56. The number of hydrogen-bond donors (Lipinski definition) is 3.